The lowest BCUT2D eigenvalue weighted by Gasteiger charge is -2.09. The summed E-state index contributed by atoms with van der Waals surface area (Å²) in [6, 6.07) is 15.5. The molecular weight excluding hydrogens is 282 g/mol. The summed E-state index contributed by atoms with van der Waals surface area (Å²) in [5.74, 6) is 1.74. The van der Waals surface area contributed by atoms with Gasteiger partial charge in [-0.1, -0.05) is 30.3 Å². The number of ether oxygens (including phenoxy) is 1. The number of hydrogen-bond donors (Lipinski definition) is 1. The maximum Gasteiger partial charge on any atom is 0.217 e. The second-order valence-corrected chi connectivity index (χ2v) is 5.61. The molecule has 1 aromatic heterocycles. The molecule has 3 nitrogen and oxygen atoms in total. The Bertz CT molecular complexity index is 774. The van der Waals surface area contributed by atoms with E-state index in [9.17, 15) is 5.11 Å². The SMILES string of the molecule is COc1ncccc1CSc1ccc(O)c2ccccc12. The zero-order valence-electron chi connectivity index (χ0n) is 11.6. The van der Waals surface area contributed by atoms with E-state index in [2.05, 4.69) is 4.98 Å². The molecule has 0 atom stereocenters. The summed E-state index contributed by atoms with van der Waals surface area (Å²) in [6.07, 6.45) is 1.73. The van der Waals surface area contributed by atoms with Crippen LogP contribution in [0.3, 0.4) is 0 Å². The summed E-state index contributed by atoms with van der Waals surface area (Å²) in [4.78, 5) is 5.34. The average Bonchev–Trinajstić information content (AvgIpc) is 2.55. The van der Waals surface area contributed by atoms with Gasteiger partial charge < -0.3 is 9.84 Å². The molecule has 3 rings (SSSR count). The molecule has 3 aromatic rings. The van der Waals surface area contributed by atoms with E-state index in [-0.39, 0.29) is 0 Å². The number of benzene rings is 2. The molecule has 0 aliphatic carbocycles. The molecule has 106 valence electrons. The Balaban J connectivity index is 1.91. The topological polar surface area (TPSA) is 42.4 Å². The van der Waals surface area contributed by atoms with Gasteiger partial charge in [0.05, 0.1) is 7.11 Å². The van der Waals surface area contributed by atoms with Crippen LogP contribution in [0, 0.1) is 0 Å². The first-order chi connectivity index (χ1) is 10.3. The van der Waals surface area contributed by atoms with E-state index in [0.717, 1.165) is 27.0 Å². The highest BCUT2D eigenvalue weighted by Crippen LogP contribution is 2.35. The number of rotatable bonds is 4. The molecule has 0 aliphatic rings. The molecule has 0 aliphatic heterocycles. The van der Waals surface area contributed by atoms with Gasteiger partial charge >= 0.3 is 0 Å². The molecule has 2 aromatic carbocycles. The van der Waals surface area contributed by atoms with Gasteiger partial charge in [-0.3, -0.25) is 0 Å². The number of phenols is 1. The van der Waals surface area contributed by atoms with Gasteiger partial charge in [0.1, 0.15) is 5.75 Å². The van der Waals surface area contributed by atoms with Crippen molar-refractivity contribution >= 4 is 22.5 Å². The van der Waals surface area contributed by atoms with Crippen LogP contribution in [-0.4, -0.2) is 17.2 Å². The van der Waals surface area contributed by atoms with E-state index in [1.165, 1.54) is 0 Å². The maximum atomic E-state index is 9.92. The number of thioether (sulfide) groups is 1. The van der Waals surface area contributed by atoms with Gasteiger partial charge in [-0.2, -0.15) is 0 Å². The first-order valence-corrected chi connectivity index (χ1v) is 7.59. The smallest absolute Gasteiger partial charge is 0.217 e. The van der Waals surface area contributed by atoms with Crippen LogP contribution in [0.1, 0.15) is 5.56 Å². The number of phenolic OH excluding ortho intramolecular Hbond substituents is 1. The van der Waals surface area contributed by atoms with Gasteiger partial charge in [-0.05, 0) is 23.6 Å². The van der Waals surface area contributed by atoms with E-state index in [1.807, 2.05) is 42.5 Å². The molecule has 0 unspecified atom stereocenters. The minimum absolute atomic E-state index is 0.314. The minimum atomic E-state index is 0.314. The molecule has 21 heavy (non-hydrogen) atoms. The molecule has 0 spiro atoms. The maximum absolute atomic E-state index is 9.92. The molecule has 0 bridgehead atoms. The summed E-state index contributed by atoms with van der Waals surface area (Å²) in [5, 5.41) is 11.9. The van der Waals surface area contributed by atoms with Gasteiger partial charge in [-0.15, -0.1) is 11.8 Å². The summed E-state index contributed by atoms with van der Waals surface area (Å²) >= 11 is 1.71. The summed E-state index contributed by atoms with van der Waals surface area (Å²) < 4.78 is 5.28. The Hall–Kier alpha value is -2.20. The molecule has 4 heteroatoms. The van der Waals surface area contributed by atoms with Crippen molar-refractivity contribution in [1.29, 1.82) is 0 Å². The fourth-order valence-electron chi connectivity index (χ4n) is 2.25. The third-order valence-corrected chi connectivity index (χ3v) is 4.41. The van der Waals surface area contributed by atoms with Gasteiger partial charge in [0, 0.05) is 27.8 Å². The minimum Gasteiger partial charge on any atom is -0.507 e. The first-order valence-electron chi connectivity index (χ1n) is 6.61. The molecule has 0 radical (unpaired) electrons. The standard InChI is InChI=1S/C17H15NO2S/c1-20-17-12(5-4-10-18-17)11-21-16-9-8-15(19)13-6-2-3-7-14(13)16/h2-10,19H,11H2,1H3. The van der Waals surface area contributed by atoms with Crippen LogP contribution in [0.2, 0.25) is 0 Å². The Morgan fingerprint density at radius 3 is 2.67 bits per heavy atom. The van der Waals surface area contributed by atoms with Crippen molar-refractivity contribution in [2.24, 2.45) is 0 Å². The molecular formula is C17H15NO2S. The largest absolute Gasteiger partial charge is 0.507 e. The van der Waals surface area contributed by atoms with Crippen LogP contribution in [0.5, 0.6) is 11.6 Å². The van der Waals surface area contributed by atoms with Crippen molar-refractivity contribution in [3.63, 3.8) is 0 Å². The van der Waals surface area contributed by atoms with E-state index in [0.29, 0.717) is 11.6 Å². The van der Waals surface area contributed by atoms with Crippen molar-refractivity contribution in [3.05, 3.63) is 60.3 Å². The van der Waals surface area contributed by atoms with Gasteiger partial charge in [0.15, 0.2) is 0 Å². The van der Waals surface area contributed by atoms with Gasteiger partial charge in [-0.25, -0.2) is 4.98 Å². The molecule has 0 saturated carbocycles. The van der Waals surface area contributed by atoms with E-state index in [4.69, 9.17) is 4.74 Å². The van der Waals surface area contributed by atoms with Gasteiger partial charge in [0.25, 0.3) is 0 Å². The lowest BCUT2D eigenvalue weighted by molar-refractivity contribution is 0.394. The fourth-order valence-corrected chi connectivity index (χ4v) is 3.28. The number of fused-ring (bicyclic) bond motifs is 1. The predicted octanol–water partition coefficient (Wildman–Crippen LogP) is 4.24. The van der Waals surface area contributed by atoms with Crippen molar-refractivity contribution in [1.82, 2.24) is 4.98 Å². The molecule has 1 N–H and O–H groups in total. The van der Waals surface area contributed by atoms with Crippen LogP contribution in [0.4, 0.5) is 0 Å². The van der Waals surface area contributed by atoms with Crippen LogP contribution in [-0.2, 0) is 5.75 Å². The normalized spacial score (nSPS) is 10.7. The first kappa shape index (κ1) is 13.8. The number of aromatic nitrogens is 1. The van der Waals surface area contributed by atoms with Crippen molar-refractivity contribution in [3.8, 4) is 11.6 Å². The van der Waals surface area contributed by atoms with E-state index < -0.39 is 0 Å². The second-order valence-electron chi connectivity index (χ2n) is 4.59. The lowest BCUT2D eigenvalue weighted by atomic mass is 10.1. The predicted molar refractivity (Wildman–Crippen MR) is 86.0 cm³/mol. The highest BCUT2D eigenvalue weighted by molar-refractivity contribution is 7.98. The number of aromatic hydroxyl groups is 1. The van der Waals surface area contributed by atoms with Crippen LogP contribution in [0.15, 0.2) is 59.6 Å². The third-order valence-electron chi connectivity index (χ3n) is 3.29. The Labute approximate surface area is 127 Å². The highest BCUT2D eigenvalue weighted by atomic mass is 32.2. The number of nitrogens with zero attached hydrogens (tertiary/aromatic N) is 1. The van der Waals surface area contributed by atoms with E-state index in [1.54, 1.807) is 31.1 Å². The molecule has 0 saturated heterocycles. The molecule has 0 fully saturated rings. The highest BCUT2D eigenvalue weighted by Gasteiger charge is 2.08. The van der Waals surface area contributed by atoms with Crippen LogP contribution in [0.25, 0.3) is 10.8 Å². The lowest BCUT2D eigenvalue weighted by Crippen LogP contribution is -1.92. The monoisotopic (exact) mass is 297 g/mol. The number of pyridine rings is 1. The number of hydrogen-bond acceptors (Lipinski definition) is 4. The number of methoxy groups -OCH3 is 1. The summed E-state index contributed by atoms with van der Waals surface area (Å²) in [7, 11) is 1.63. The average molecular weight is 297 g/mol. The van der Waals surface area contributed by atoms with Crippen LogP contribution < -0.4 is 4.74 Å². The Kier molecular flexibility index (Phi) is 3.97. The van der Waals surface area contributed by atoms with Crippen molar-refractivity contribution < 1.29 is 9.84 Å². The molecule has 0 amide bonds. The molecule has 1 heterocycles. The fraction of sp³-hybridized carbons (Fsp3) is 0.118. The van der Waals surface area contributed by atoms with E-state index >= 15 is 0 Å². The zero-order chi connectivity index (χ0) is 14.7. The third kappa shape index (κ3) is 2.81. The summed E-state index contributed by atoms with van der Waals surface area (Å²) in [6.45, 7) is 0. The zero-order valence-corrected chi connectivity index (χ0v) is 12.4. The van der Waals surface area contributed by atoms with Gasteiger partial charge in [0.2, 0.25) is 5.88 Å². The summed E-state index contributed by atoms with van der Waals surface area (Å²) in [5.41, 5.74) is 1.06. The second kappa shape index (κ2) is 6.06. The Morgan fingerprint density at radius 2 is 1.86 bits per heavy atom. The van der Waals surface area contributed by atoms with Crippen molar-refractivity contribution in [2.75, 3.05) is 7.11 Å². The quantitative estimate of drug-likeness (QED) is 0.731. The van der Waals surface area contributed by atoms with Crippen LogP contribution >= 0.6 is 11.8 Å². The van der Waals surface area contributed by atoms with Crippen molar-refractivity contribution in [2.45, 2.75) is 10.6 Å². The Morgan fingerprint density at radius 1 is 1.05 bits per heavy atom.